The molecule has 1 aliphatic heterocycles. The van der Waals surface area contributed by atoms with Crippen molar-refractivity contribution in [2.45, 2.75) is 46.0 Å². The Labute approximate surface area is 103 Å². The van der Waals surface area contributed by atoms with Crippen LogP contribution in [0.25, 0.3) is 0 Å². The molecule has 2 atom stereocenters. The summed E-state index contributed by atoms with van der Waals surface area (Å²) in [5.74, 6) is -0.618. The van der Waals surface area contributed by atoms with Crippen molar-refractivity contribution in [1.82, 2.24) is 4.90 Å². The molecule has 1 heterocycles. The monoisotopic (exact) mass is 241 g/mol. The molecule has 1 amide bonds. The van der Waals surface area contributed by atoms with E-state index in [-0.39, 0.29) is 11.8 Å². The lowest BCUT2D eigenvalue weighted by Crippen LogP contribution is -2.42. The Morgan fingerprint density at radius 2 is 2.18 bits per heavy atom. The molecule has 0 spiro atoms. The first-order valence-corrected chi connectivity index (χ1v) is 6.55. The van der Waals surface area contributed by atoms with E-state index in [0.29, 0.717) is 25.3 Å². The molecule has 2 unspecified atom stereocenters. The maximum absolute atomic E-state index is 12.0. The van der Waals surface area contributed by atoms with Gasteiger partial charge in [-0.2, -0.15) is 0 Å². The summed E-state index contributed by atoms with van der Waals surface area (Å²) in [7, 11) is 0. The summed E-state index contributed by atoms with van der Waals surface area (Å²) in [6.45, 7) is 5.32. The fourth-order valence-electron chi connectivity index (χ4n) is 2.43. The number of likely N-dealkylation sites (tertiary alicyclic amines) is 1. The molecule has 1 aliphatic rings. The number of aliphatic carboxylic acids is 1. The van der Waals surface area contributed by atoms with Crippen LogP contribution in [0.4, 0.5) is 0 Å². The third kappa shape index (κ3) is 4.36. The number of amides is 1. The van der Waals surface area contributed by atoms with E-state index in [4.69, 9.17) is 5.11 Å². The van der Waals surface area contributed by atoms with Crippen LogP contribution in [0.2, 0.25) is 0 Å². The number of nitrogens with zero attached hydrogens (tertiary/aromatic N) is 1. The van der Waals surface area contributed by atoms with Gasteiger partial charge in [-0.25, -0.2) is 0 Å². The second kappa shape index (κ2) is 6.62. The van der Waals surface area contributed by atoms with Crippen LogP contribution in [0.15, 0.2) is 0 Å². The number of carboxylic acid groups (broad SMARTS) is 1. The molecule has 0 saturated carbocycles. The normalized spacial score (nSPS) is 22.2. The number of carbonyl (C=O) groups excluding carboxylic acids is 1. The minimum Gasteiger partial charge on any atom is -0.481 e. The molecule has 0 aliphatic carbocycles. The Morgan fingerprint density at radius 1 is 1.47 bits per heavy atom. The van der Waals surface area contributed by atoms with Crippen molar-refractivity contribution in [2.24, 2.45) is 11.8 Å². The molecule has 0 aromatic carbocycles. The molecule has 0 bridgehead atoms. The summed E-state index contributed by atoms with van der Waals surface area (Å²) in [5.41, 5.74) is 0. The molecule has 4 nitrogen and oxygen atoms in total. The molecule has 98 valence electrons. The zero-order valence-electron chi connectivity index (χ0n) is 10.8. The predicted molar refractivity (Wildman–Crippen MR) is 65.6 cm³/mol. The van der Waals surface area contributed by atoms with Crippen LogP contribution in [0.5, 0.6) is 0 Å². The Balaban J connectivity index is 2.43. The lowest BCUT2D eigenvalue weighted by molar-refractivity contribution is -0.145. The highest BCUT2D eigenvalue weighted by Crippen LogP contribution is 2.19. The van der Waals surface area contributed by atoms with Crippen molar-refractivity contribution in [3.63, 3.8) is 0 Å². The minimum absolute atomic E-state index is 0.122. The van der Waals surface area contributed by atoms with Crippen molar-refractivity contribution in [3.8, 4) is 0 Å². The van der Waals surface area contributed by atoms with Crippen LogP contribution in [0, 0.1) is 11.8 Å². The van der Waals surface area contributed by atoms with E-state index in [1.807, 2.05) is 0 Å². The first kappa shape index (κ1) is 14.0. The summed E-state index contributed by atoms with van der Waals surface area (Å²) in [5, 5.41) is 8.97. The van der Waals surface area contributed by atoms with Gasteiger partial charge >= 0.3 is 5.97 Å². The van der Waals surface area contributed by atoms with Gasteiger partial charge in [0.2, 0.25) is 5.91 Å². The number of rotatable bonds is 5. The first-order valence-electron chi connectivity index (χ1n) is 6.55. The molecule has 0 radical (unpaired) electrons. The molecule has 1 N–H and O–H groups in total. The smallest absolute Gasteiger partial charge is 0.308 e. The summed E-state index contributed by atoms with van der Waals surface area (Å²) >= 11 is 0. The van der Waals surface area contributed by atoms with Gasteiger partial charge in [0, 0.05) is 19.5 Å². The van der Waals surface area contributed by atoms with Gasteiger partial charge in [-0.15, -0.1) is 0 Å². The lowest BCUT2D eigenvalue weighted by Gasteiger charge is -2.31. The highest BCUT2D eigenvalue weighted by Gasteiger charge is 2.28. The van der Waals surface area contributed by atoms with Gasteiger partial charge in [0.15, 0.2) is 0 Å². The van der Waals surface area contributed by atoms with E-state index in [1.165, 1.54) is 0 Å². The van der Waals surface area contributed by atoms with Crippen LogP contribution >= 0.6 is 0 Å². The summed E-state index contributed by atoms with van der Waals surface area (Å²) in [4.78, 5) is 24.6. The first-order chi connectivity index (χ1) is 8.04. The van der Waals surface area contributed by atoms with Crippen LogP contribution in [0.1, 0.15) is 46.0 Å². The molecule has 0 aromatic rings. The van der Waals surface area contributed by atoms with E-state index in [1.54, 1.807) is 4.90 Å². The lowest BCUT2D eigenvalue weighted by atomic mass is 9.96. The average molecular weight is 241 g/mol. The molecule has 1 rings (SSSR count). The van der Waals surface area contributed by atoms with Gasteiger partial charge in [-0.3, -0.25) is 9.59 Å². The Kier molecular flexibility index (Phi) is 5.45. The number of carboxylic acids is 1. The average Bonchev–Trinajstić information content (AvgIpc) is 2.29. The van der Waals surface area contributed by atoms with E-state index in [0.717, 1.165) is 25.8 Å². The molecular formula is C13H23NO3. The molecule has 4 heteroatoms. The fourth-order valence-corrected chi connectivity index (χ4v) is 2.43. The topological polar surface area (TPSA) is 57.6 Å². The maximum atomic E-state index is 12.0. The summed E-state index contributed by atoms with van der Waals surface area (Å²) in [6.07, 6.45) is 4.21. The third-order valence-corrected chi connectivity index (χ3v) is 3.43. The Bertz CT molecular complexity index is 278. The van der Waals surface area contributed by atoms with E-state index in [9.17, 15) is 9.59 Å². The Morgan fingerprint density at radius 3 is 2.76 bits per heavy atom. The highest BCUT2D eigenvalue weighted by molar-refractivity contribution is 5.78. The van der Waals surface area contributed by atoms with Crippen molar-refractivity contribution in [1.29, 1.82) is 0 Å². The zero-order chi connectivity index (χ0) is 12.8. The van der Waals surface area contributed by atoms with Gasteiger partial charge in [0.1, 0.15) is 0 Å². The van der Waals surface area contributed by atoms with Crippen LogP contribution in [0.3, 0.4) is 0 Å². The predicted octanol–water partition coefficient (Wildman–Crippen LogP) is 2.14. The molecule has 0 aromatic heterocycles. The van der Waals surface area contributed by atoms with Crippen molar-refractivity contribution >= 4 is 11.9 Å². The van der Waals surface area contributed by atoms with E-state index in [2.05, 4.69) is 13.8 Å². The van der Waals surface area contributed by atoms with Crippen molar-refractivity contribution in [2.75, 3.05) is 13.1 Å². The standard InChI is InChI=1S/C13H23NO3/c1-3-5-10(2)8-12(15)14-7-4-6-11(9-14)13(16)17/h10-11H,3-9H2,1-2H3,(H,16,17). The molecule has 1 fully saturated rings. The number of piperidine rings is 1. The van der Waals surface area contributed by atoms with E-state index < -0.39 is 5.97 Å². The van der Waals surface area contributed by atoms with E-state index >= 15 is 0 Å². The minimum atomic E-state index is -0.774. The quantitative estimate of drug-likeness (QED) is 0.802. The van der Waals surface area contributed by atoms with Crippen molar-refractivity contribution in [3.05, 3.63) is 0 Å². The second-order valence-electron chi connectivity index (χ2n) is 5.12. The fraction of sp³-hybridized carbons (Fsp3) is 0.846. The van der Waals surface area contributed by atoms with Crippen molar-refractivity contribution < 1.29 is 14.7 Å². The molecular weight excluding hydrogens is 218 g/mol. The number of hydrogen-bond acceptors (Lipinski definition) is 2. The second-order valence-corrected chi connectivity index (χ2v) is 5.12. The van der Waals surface area contributed by atoms with Gasteiger partial charge in [-0.1, -0.05) is 26.7 Å². The molecule has 17 heavy (non-hydrogen) atoms. The SMILES string of the molecule is CCCC(C)CC(=O)N1CCCC(C(=O)O)C1. The largest absolute Gasteiger partial charge is 0.481 e. The summed E-state index contributed by atoms with van der Waals surface area (Å²) < 4.78 is 0. The van der Waals surface area contributed by atoms with Crippen LogP contribution in [-0.4, -0.2) is 35.0 Å². The maximum Gasteiger partial charge on any atom is 0.308 e. The highest BCUT2D eigenvalue weighted by atomic mass is 16.4. The van der Waals surface area contributed by atoms with Crippen LogP contribution in [-0.2, 0) is 9.59 Å². The van der Waals surface area contributed by atoms with Gasteiger partial charge < -0.3 is 10.0 Å². The van der Waals surface area contributed by atoms with Gasteiger partial charge in [-0.05, 0) is 18.8 Å². The molecule has 1 saturated heterocycles. The summed E-state index contributed by atoms with van der Waals surface area (Å²) in [6, 6.07) is 0. The van der Waals surface area contributed by atoms with Gasteiger partial charge in [0.25, 0.3) is 0 Å². The Hall–Kier alpha value is -1.06. The number of carbonyl (C=O) groups is 2. The zero-order valence-corrected chi connectivity index (χ0v) is 10.8. The third-order valence-electron chi connectivity index (χ3n) is 3.43. The number of hydrogen-bond donors (Lipinski definition) is 1. The van der Waals surface area contributed by atoms with Gasteiger partial charge in [0.05, 0.1) is 5.92 Å². The van der Waals surface area contributed by atoms with Crippen LogP contribution < -0.4 is 0 Å².